The van der Waals surface area contributed by atoms with Crippen molar-refractivity contribution in [1.29, 1.82) is 0 Å². The second-order valence-corrected chi connectivity index (χ2v) is 6.67. The number of nitrogens with zero attached hydrogens (tertiary/aromatic N) is 4. The van der Waals surface area contributed by atoms with Gasteiger partial charge in [-0.3, -0.25) is 4.68 Å². The third-order valence-corrected chi connectivity index (χ3v) is 4.70. The van der Waals surface area contributed by atoms with Gasteiger partial charge in [0.05, 0.1) is 6.20 Å². The minimum Gasteiger partial charge on any atom is -0.476 e. The van der Waals surface area contributed by atoms with Crippen LogP contribution < -0.4 is 5.32 Å². The van der Waals surface area contributed by atoms with E-state index >= 15 is 0 Å². The molecule has 1 aromatic heterocycles. The van der Waals surface area contributed by atoms with Crippen LogP contribution >= 0.6 is 0 Å². The number of hydrogen-bond acceptors (Lipinski definition) is 4. The van der Waals surface area contributed by atoms with Crippen LogP contribution in [0, 0.1) is 12.8 Å². The molecule has 1 aromatic carbocycles. The highest BCUT2D eigenvalue weighted by molar-refractivity contribution is 5.84. The number of rotatable bonds is 5. The van der Waals surface area contributed by atoms with Crippen LogP contribution in [-0.2, 0) is 13.1 Å². The number of hydrogen-bond donors (Lipinski definition) is 2. The molecule has 1 aliphatic heterocycles. The summed E-state index contributed by atoms with van der Waals surface area (Å²) < 4.78 is 1.54. The van der Waals surface area contributed by atoms with Gasteiger partial charge in [-0.05, 0) is 36.8 Å². The normalized spacial score (nSPS) is 17.1. The van der Waals surface area contributed by atoms with Gasteiger partial charge >= 0.3 is 12.0 Å². The fourth-order valence-electron chi connectivity index (χ4n) is 3.24. The van der Waals surface area contributed by atoms with Crippen LogP contribution in [0.3, 0.4) is 0 Å². The first-order valence-corrected chi connectivity index (χ1v) is 8.73. The lowest BCUT2D eigenvalue weighted by atomic mass is 9.98. The van der Waals surface area contributed by atoms with Crippen molar-refractivity contribution in [3.8, 4) is 0 Å². The number of aromatic nitrogens is 3. The van der Waals surface area contributed by atoms with E-state index in [4.69, 9.17) is 5.11 Å². The van der Waals surface area contributed by atoms with Crippen molar-refractivity contribution in [3.63, 3.8) is 0 Å². The SMILES string of the molecule is Cc1ccccc1CNC(=O)N1CCC[C@H](Cn2cc(C(=O)O)nn2)C1. The number of carbonyl (C=O) groups is 2. The predicted molar refractivity (Wildman–Crippen MR) is 94.7 cm³/mol. The van der Waals surface area contributed by atoms with Crippen LogP contribution in [0.5, 0.6) is 0 Å². The number of urea groups is 1. The van der Waals surface area contributed by atoms with Crippen LogP contribution in [-0.4, -0.2) is 50.1 Å². The molecule has 0 bridgehead atoms. The number of carboxylic acids is 1. The second-order valence-electron chi connectivity index (χ2n) is 6.67. The van der Waals surface area contributed by atoms with E-state index in [0.29, 0.717) is 19.6 Å². The Hall–Kier alpha value is -2.90. The van der Waals surface area contributed by atoms with Crippen LogP contribution in [0.2, 0.25) is 0 Å². The standard InChI is InChI=1S/C18H23N5O3/c1-13-5-2-3-7-15(13)9-19-18(26)22-8-4-6-14(10-22)11-23-12-16(17(24)25)20-21-23/h2-3,5,7,12,14H,4,6,8-11H2,1H3,(H,19,26)(H,24,25)/t14-/m0/s1. The minimum absolute atomic E-state index is 0.0614. The quantitative estimate of drug-likeness (QED) is 0.851. The fraction of sp³-hybridized carbons (Fsp3) is 0.444. The van der Waals surface area contributed by atoms with Gasteiger partial charge in [0.25, 0.3) is 0 Å². The summed E-state index contributed by atoms with van der Waals surface area (Å²) in [6.45, 7) is 4.46. The molecule has 1 saturated heterocycles. The summed E-state index contributed by atoms with van der Waals surface area (Å²) in [5.41, 5.74) is 2.21. The smallest absolute Gasteiger partial charge is 0.358 e. The Labute approximate surface area is 151 Å². The second kappa shape index (κ2) is 7.99. The van der Waals surface area contributed by atoms with E-state index < -0.39 is 5.97 Å². The summed E-state index contributed by atoms with van der Waals surface area (Å²) >= 11 is 0. The lowest BCUT2D eigenvalue weighted by Crippen LogP contribution is -2.46. The molecule has 138 valence electrons. The highest BCUT2D eigenvalue weighted by atomic mass is 16.4. The van der Waals surface area contributed by atoms with Crippen molar-refractivity contribution < 1.29 is 14.7 Å². The van der Waals surface area contributed by atoms with Crippen LogP contribution in [0.25, 0.3) is 0 Å². The van der Waals surface area contributed by atoms with Crippen molar-refractivity contribution in [2.45, 2.75) is 32.9 Å². The van der Waals surface area contributed by atoms with E-state index in [1.54, 1.807) is 4.68 Å². The maximum Gasteiger partial charge on any atom is 0.358 e. The van der Waals surface area contributed by atoms with Crippen molar-refractivity contribution >= 4 is 12.0 Å². The molecule has 1 fully saturated rings. The first-order chi connectivity index (χ1) is 12.5. The molecule has 0 spiro atoms. The third-order valence-electron chi connectivity index (χ3n) is 4.70. The molecule has 0 unspecified atom stereocenters. The summed E-state index contributed by atoms with van der Waals surface area (Å²) in [5, 5.41) is 19.4. The van der Waals surface area contributed by atoms with Crippen LogP contribution in [0.4, 0.5) is 4.79 Å². The number of carbonyl (C=O) groups excluding carboxylic acids is 1. The molecule has 2 N–H and O–H groups in total. The molecule has 3 rings (SSSR count). The monoisotopic (exact) mass is 357 g/mol. The molecule has 26 heavy (non-hydrogen) atoms. The Morgan fingerprint density at radius 1 is 1.35 bits per heavy atom. The Balaban J connectivity index is 1.53. The zero-order chi connectivity index (χ0) is 18.5. The average Bonchev–Trinajstić information content (AvgIpc) is 3.10. The maximum atomic E-state index is 12.5. The van der Waals surface area contributed by atoms with E-state index in [2.05, 4.69) is 15.6 Å². The Morgan fingerprint density at radius 2 is 2.15 bits per heavy atom. The zero-order valence-corrected chi connectivity index (χ0v) is 14.8. The molecule has 2 heterocycles. The summed E-state index contributed by atoms with van der Waals surface area (Å²) in [7, 11) is 0. The molecule has 0 saturated carbocycles. The first kappa shape index (κ1) is 17.9. The van der Waals surface area contributed by atoms with Crippen molar-refractivity contribution in [3.05, 3.63) is 47.3 Å². The van der Waals surface area contributed by atoms with Gasteiger partial charge in [0.15, 0.2) is 5.69 Å². The van der Waals surface area contributed by atoms with E-state index in [9.17, 15) is 9.59 Å². The molecule has 2 amide bonds. The number of carboxylic acid groups (broad SMARTS) is 1. The largest absolute Gasteiger partial charge is 0.476 e. The van der Waals surface area contributed by atoms with E-state index in [-0.39, 0.29) is 17.6 Å². The molecular formula is C18H23N5O3. The Bertz CT molecular complexity index is 789. The molecule has 2 aromatic rings. The number of piperidine rings is 1. The van der Waals surface area contributed by atoms with Crippen molar-refractivity contribution in [2.75, 3.05) is 13.1 Å². The highest BCUT2D eigenvalue weighted by Gasteiger charge is 2.24. The van der Waals surface area contributed by atoms with Gasteiger partial charge in [-0.15, -0.1) is 5.10 Å². The number of aromatic carboxylic acids is 1. The van der Waals surface area contributed by atoms with Gasteiger partial charge < -0.3 is 15.3 Å². The minimum atomic E-state index is -1.09. The maximum absolute atomic E-state index is 12.5. The summed E-state index contributed by atoms with van der Waals surface area (Å²) in [6, 6.07) is 7.93. The van der Waals surface area contributed by atoms with Crippen molar-refractivity contribution in [1.82, 2.24) is 25.2 Å². The third kappa shape index (κ3) is 4.38. The molecule has 1 aliphatic rings. The number of nitrogens with one attached hydrogen (secondary N) is 1. The lowest BCUT2D eigenvalue weighted by molar-refractivity contribution is 0.0690. The predicted octanol–water partition coefficient (Wildman–Crippen LogP) is 1.91. The first-order valence-electron chi connectivity index (χ1n) is 8.73. The number of likely N-dealkylation sites (tertiary alicyclic amines) is 1. The molecule has 8 nitrogen and oxygen atoms in total. The summed E-state index contributed by atoms with van der Waals surface area (Å²) in [4.78, 5) is 25.2. The topological polar surface area (TPSA) is 100 Å². The zero-order valence-electron chi connectivity index (χ0n) is 14.8. The van der Waals surface area contributed by atoms with Gasteiger partial charge in [-0.25, -0.2) is 9.59 Å². The van der Waals surface area contributed by atoms with Crippen molar-refractivity contribution in [2.24, 2.45) is 5.92 Å². The van der Waals surface area contributed by atoms with Gasteiger partial charge in [-0.2, -0.15) is 0 Å². The van der Waals surface area contributed by atoms with Crippen LogP contribution in [0.1, 0.15) is 34.5 Å². The number of benzene rings is 1. The summed E-state index contributed by atoms with van der Waals surface area (Å²) in [6.07, 6.45) is 3.33. The van der Waals surface area contributed by atoms with E-state index in [1.165, 1.54) is 6.20 Å². The van der Waals surface area contributed by atoms with Gasteiger partial charge in [0, 0.05) is 26.2 Å². The van der Waals surface area contributed by atoms with Crippen LogP contribution in [0.15, 0.2) is 30.5 Å². The van der Waals surface area contributed by atoms with E-state index in [1.807, 2.05) is 36.1 Å². The molecule has 0 aliphatic carbocycles. The van der Waals surface area contributed by atoms with Gasteiger partial charge in [0.2, 0.25) is 0 Å². The lowest BCUT2D eigenvalue weighted by Gasteiger charge is -2.32. The molecule has 1 atom stereocenters. The molecule has 0 radical (unpaired) electrons. The van der Waals surface area contributed by atoms with Gasteiger partial charge in [-0.1, -0.05) is 29.5 Å². The van der Waals surface area contributed by atoms with E-state index in [0.717, 1.165) is 30.5 Å². The number of aryl methyl sites for hydroxylation is 1. The number of amides is 2. The molecule has 8 heteroatoms. The van der Waals surface area contributed by atoms with Gasteiger partial charge in [0.1, 0.15) is 0 Å². The highest BCUT2D eigenvalue weighted by Crippen LogP contribution is 2.18. The Kier molecular flexibility index (Phi) is 5.50. The average molecular weight is 357 g/mol. The molecular weight excluding hydrogens is 334 g/mol. The Morgan fingerprint density at radius 3 is 2.88 bits per heavy atom. The summed E-state index contributed by atoms with van der Waals surface area (Å²) in [5.74, 6) is -0.853. The fourth-order valence-corrected chi connectivity index (χ4v) is 3.24.